The second-order valence-corrected chi connectivity index (χ2v) is 5.57. The average molecular weight is 268 g/mol. The lowest BCUT2D eigenvalue weighted by atomic mass is 9.97. The van der Waals surface area contributed by atoms with Crippen LogP contribution in [0.15, 0.2) is 0 Å². The van der Waals surface area contributed by atoms with E-state index in [1.165, 1.54) is 0 Å². The SMILES string of the molecule is NCC1CCN(C(=O)CN2CCC[C@H](N)C2=O)CC1. The third kappa shape index (κ3) is 3.45. The Hall–Kier alpha value is -1.14. The standard InChI is InChI=1S/C13H24N4O2/c14-8-10-3-6-16(7-4-10)12(18)9-17-5-1-2-11(15)13(17)19/h10-11H,1-9,14-15H2/t11-/m0/s1. The van der Waals surface area contributed by atoms with E-state index >= 15 is 0 Å². The molecule has 0 radical (unpaired) electrons. The Morgan fingerprint density at radius 3 is 2.53 bits per heavy atom. The smallest absolute Gasteiger partial charge is 0.242 e. The van der Waals surface area contributed by atoms with Gasteiger partial charge in [0.05, 0.1) is 12.6 Å². The molecule has 6 nitrogen and oxygen atoms in total. The summed E-state index contributed by atoms with van der Waals surface area (Å²) in [6, 6.07) is -0.426. The van der Waals surface area contributed by atoms with Crippen LogP contribution < -0.4 is 11.5 Å². The molecule has 1 atom stereocenters. The van der Waals surface area contributed by atoms with Crippen molar-refractivity contribution in [3.05, 3.63) is 0 Å². The quantitative estimate of drug-likeness (QED) is 0.696. The van der Waals surface area contributed by atoms with E-state index in [0.717, 1.165) is 38.8 Å². The summed E-state index contributed by atoms with van der Waals surface area (Å²) in [7, 11) is 0. The number of carbonyl (C=O) groups excluding carboxylic acids is 2. The molecule has 0 bridgehead atoms. The van der Waals surface area contributed by atoms with E-state index in [9.17, 15) is 9.59 Å². The number of hydrogen-bond donors (Lipinski definition) is 2. The van der Waals surface area contributed by atoms with Crippen molar-refractivity contribution in [2.45, 2.75) is 31.7 Å². The largest absolute Gasteiger partial charge is 0.341 e. The zero-order valence-corrected chi connectivity index (χ0v) is 11.4. The van der Waals surface area contributed by atoms with Gasteiger partial charge in [0, 0.05) is 19.6 Å². The predicted molar refractivity (Wildman–Crippen MR) is 72.1 cm³/mol. The van der Waals surface area contributed by atoms with Crippen molar-refractivity contribution in [1.82, 2.24) is 9.80 Å². The van der Waals surface area contributed by atoms with Crippen LogP contribution in [0.5, 0.6) is 0 Å². The summed E-state index contributed by atoms with van der Waals surface area (Å²) < 4.78 is 0. The topological polar surface area (TPSA) is 92.7 Å². The second-order valence-electron chi connectivity index (χ2n) is 5.57. The van der Waals surface area contributed by atoms with Crippen LogP contribution in [0.2, 0.25) is 0 Å². The number of likely N-dealkylation sites (tertiary alicyclic amines) is 2. The molecule has 2 aliphatic heterocycles. The third-order valence-electron chi connectivity index (χ3n) is 4.20. The fourth-order valence-electron chi connectivity index (χ4n) is 2.81. The van der Waals surface area contributed by atoms with Crippen LogP contribution in [0, 0.1) is 5.92 Å². The van der Waals surface area contributed by atoms with Gasteiger partial charge in [-0.2, -0.15) is 0 Å². The molecule has 0 aromatic heterocycles. The van der Waals surface area contributed by atoms with Crippen LogP contribution in [-0.4, -0.2) is 60.4 Å². The first-order valence-electron chi connectivity index (χ1n) is 7.14. The minimum atomic E-state index is -0.426. The molecule has 4 N–H and O–H groups in total. The van der Waals surface area contributed by atoms with Crippen LogP contribution in [0.25, 0.3) is 0 Å². The maximum Gasteiger partial charge on any atom is 0.242 e. The molecule has 108 valence electrons. The number of nitrogens with two attached hydrogens (primary N) is 2. The Balaban J connectivity index is 1.82. The lowest BCUT2D eigenvalue weighted by Gasteiger charge is -2.35. The molecule has 19 heavy (non-hydrogen) atoms. The van der Waals surface area contributed by atoms with Gasteiger partial charge in [-0.25, -0.2) is 0 Å². The fourth-order valence-corrected chi connectivity index (χ4v) is 2.81. The first kappa shape index (κ1) is 14.3. The van der Waals surface area contributed by atoms with Gasteiger partial charge < -0.3 is 21.3 Å². The van der Waals surface area contributed by atoms with Crippen molar-refractivity contribution >= 4 is 11.8 Å². The number of amides is 2. The van der Waals surface area contributed by atoms with Gasteiger partial charge in [0.25, 0.3) is 0 Å². The van der Waals surface area contributed by atoms with Crippen molar-refractivity contribution in [2.75, 3.05) is 32.7 Å². The first-order chi connectivity index (χ1) is 9.11. The molecule has 0 aliphatic carbocycles. The molecule has 0 unspecified atom stereocenters. The highest BCUT2D eigenvalue weighted by atomic mass is 16.2. The maximum absolute atomic E-state index is 12.2. The Morgan fingerprint density at radius 2 is 1.89 bits per heavy atom. The second kappa shape index (κ2) is 6.34. The zero-order chi connectivity index (χ0) is 13.8. The molecule has 2 amide bonds. The number of piperidine rings is 2. The van der Waals surface area contributed by atoms with Crippen molar-refractivity contribution in [1.29, 1.82) is 0 Å². The van der Waals surface area contributed by atoms with E-state index in [1.54, 1.807) is 4.90 Å². The highest BCUT2D eigenvalue weighted by Gasteiger charge is 2.29. The summed E-state index contributed by atoms with van der Waals surface area (Å²) in [4.78, 5) is 27.5. The van der Waals surface area contributed by atoms with Crippen molar-refractivity contribution in [3.63, 3.8) is 0 Å². The van der Waals surface area contributed by atoms with Crippen LogP contribution in [0.4, 0.5) is 0 Å². The van der Waals surface area contributed by atoms with E-state index in [2.05, 4.69) is 0 Å². The Bertz CT molecular complexity index is 340. The molecule has 0 aromatic rings. The van der Waals surface area contributed by atoms with Crippen LogP contribution in [0.1, 0.15) is 25.7 Å². The van der Waals surface area contributed by atoms with E-state index in [-0.39, 0.29) is 18.4 Å². The van der Waals surface area contributed by atoms with E-state index in [1.807, 2.05) is 4.90 Å². The van der Waals surface area contributed by atoms with Gasteiger partial charge in [-0.1, -0.05) is 0 Å². The van der Waals surface area contributed by atoms with Crippen molar-refractivity contribution in [3.8, 4) is 0 Å². The molecule has 0 aromatic carbocycles. The van der Waals surface area contributed by atoms with Crippen molar-refractivity contribution < 1.29 is 9.59 Å². The summed E-state index contributed by atoms with van der Waals surface area (Å²) >= 11 is 0. The van der Waals surface area contributed by atoms with Crippen LogP contribution in [0.3, 0.4) is 0 Å². The maximum atomic E-state index is 12.2. The van der Waals surface area contributed by atoms with E-state index < -0.39 is 6.04 Å². The number of carbonyl (C=O) groups is 2. The van der Waals surface area contributed by atoms with E-state index in [4.69, 9.17) is 11.5 Å². The summed E-state index contributed by atoms with van der Waals surface area (Å²) in [5, 5.41) is 0. The fraction of sp³-hybridized carbons (Fsp3) is 0.846. The van der Waals surface area contributed by atoms with Gasteiger partial charge in [-0.05, 0) is 38.1 Å². The Labute approximate surface area is 114 Å². The first-order valence-corrected chi connectivity index (χ1v) is 7.14. The summed E-state index contributed by atoms with van der Waals surface area (Å²) in [5.41, 5.74) is 11.4. The molecular weight excluding hydrogens is 244 g/mol. The molecule has 2 saturated heterocycles. The third-order valence-corrected chi connectivity index (χ3v) is 4.20. The molecule has 2 aliphatic rings. The van der Waals surface area contributed by atoms with Gasteiger partial charge in [-0.15, -0.1) is 0 Å². The van der Waals surface area contributed by atoms with Gasteiger partial charge in [-0.3, -0.25) is 9.59 Å². The zero-order valence-electron chi connectivity index (χ0n) is 11.4. The van der Waals surface area contributed by atoms with Gasteiger partial charge in [0.1, 0.15) is 0 Å². The highest BCUT2D eigenvalue weighted by molar-refractivity contribution is 5.88. The van der Waals surface area contributed by atoms with E-state index in [0.29, 0.717) is 19.0 Å². The number of hydrogen-bond acceptors (Lipinski definition) is 4. The normalized spacial score (nSPS) is 25.8. The molecule has 2 heterocycles. The molecule has 6 heteroatoms. The Kier molecular flexibility index (Phi) is 4.76. The molecule has 0 saturated carbocycles. The number of rotatable bonds is 3. The predicted octanol–water partition coefficient (Wildman–Crippen LogP) is -0.867. The monoisotopic (exact) mass is 268 g/mol. The van der Waals surface area contributed by atoms with Crippen LogP contribution >= 0.6 is 0 Å². The highest BCUT2D eigenvalue weighted by Crippen LogP contribution is 2.17. The van der Waals surface area contributed by atoms with Gasteiger partial charge in [0.15, 0.2) is 0 Å². The average Bonchev–Trinajstić information content (AvgIpc) is 2.44. The summed E-state index contributed by atoms with van der Waals surface area (Å²) in [5.74, 6) is 0.489. The minimum Gasteiger partial charge on any atom is -0.341 e. The molecule has 2 rings (SSSR count). The van der Waals surface area contributed by atoms with Crippen LogP contribution in [-0.2, 0) is 9.59 Å². The minimum absolute atomic E-state index is 0.0397. The van der Waals surface area contributed by atoms with Gasteiger partial charge >= 0.3 is 0 Å². The Morgan fingerprint density at radius 1 is 1.21 bits per heavy atom. The molecule has 2 fully saturated rings. The lowest BCUT2D eigenvalue weighted by Crippen LogP contribution is -2.52. The lowest BCUT2D eigenvalue weighted by molar-refractivity contribution is -0.143. The molecule has 0 spiro atoms. The number of nitrogens with zero attached hydrogens (tertiary/aromatic N) is 2. The van der Waals surface area contributed by atoms with Crippen molar-refractivity contribution in [2.24, 2.45) is 17.4 Å². The summed E-state index contributed by atoms with van der Waals surface area (Å²) in [6.45, 7) is 3.04. The summed E-state index contributed by atoms with van der Waals surface area (Å²) in [6.07, 6.45) is 3.55. The van der Waals surface area contributed by atoms with Gasteiger partial charge in [0.2, 0.25) is 11.8 Å². The molecular formula is C13H24N4O2.